The molecule has 1 aliphatic carbocycles. The Morgan fingerprint density at radius 1 is 1.52 bits per heavy atom. The van der Waals surface area contributed by atoms with E-state index >= 15 is 0 Å². The third kappa shape index (κ3) is 3.07. The highest BCUT2D eigenvalue weighted by molar-refractivity contribution is 7.15. The van der Waals surface area contributed by atoms with Crippen LogP contribution in [0.15, 0.2) is 11.6 Å². The second-order valence-electron chi connectivity index (χ2n) is 6.35. The van der Waals surface area contributed by atoms with Crippen molar-refractivity contribution in [2.24, 2.45) is 5.92 Å². The summed E-state index contributed by atoms with van der Waals surface area (Å²) in [5, 5.41) is 15.0. The lowest BCUT2D eigenvalue weighted by molar-refractivity contribution is 0.0464. The number of nitrogens with zero attached hydrogens (tertiary/aromatic N) is 3. The number of imidazole rings is 1. The molecule has 0 aromatic carbocycles. The van der Waals surface area contributed by atoms with Gasteiger partial charge in [0, 0.05) is 37.8 Å². The number of hydrogen-bond donors (Lipinski definition) is 2. The van der Waals surface area contributed by atoms with E-state index in [-0.39, 0.29) is 6.10 Å². The van der Waals surface area contributed by atoms with Crippen LogP contribution in [0.1, 0.15) is 32.4 Å². The summed E-state index contributed by atoms with van der Waals surface area (Å²) in [7, 11) is 2.11. The Labute approximate surface area is 129 Å². The minimum atomic E-state index is -0.0871. The number of aliphatic hydroxyl groups excluding tert-OH is 1. The van der Waals surface area contributed by atoms with Crippen molar-refractivity contribution in [1.82, 2.24) is 14.7 Å². The number of aliphatic hydroxyl groups is 1. The summed E-state index contributed by atoms with van der Waals surface area (Å²) in [6, 6.07) is 0.453. The van der Waals surface area contributed by atoms with E-state index in [0.29, 0.717) is 12.0 Å². The fraction of sp³-hybridized carbons (Fsp3) is 0.667. The SMILES string of the molecule is CC(C)NCc1c(N(C)CC2CC(O)C2)nc2sccn12. The van der Waals surface area contributed by atoms with Crippen LogP contribution in [-0.4, -0.2) is 40.2 Å². The molecule has 21 heavy (non-hydrogen) atoms. The number of hydrogen-bond acceptors (Lipinski definition) is 5. The second kappa shape index (κ2) is 5.94. The van der Waals surface area contributed by atoms with Gasteiger partial charge in [-0.15, -0.1) is 11.3 Å². The Kier molecular flexibility index (Phi) is 4.19. The Balaban J connectivity index is 1.79. The van der Waals surface area contributed by atoms with Crippen LogP contribution in [0.3, 0.4) is 0 Å². The quantitative estimate of drug-likeness (QED) is 0.858. The lowest BCUT2D eigenvalue weighted by Crippen LogP contribution is -2.37. The molecule has 0 aliphatic heterocycles. The van der Waals surface area contributed by atoms with E-state index in [1.54, 1.807) is 11.3 Å². The second-order valence-corrected chi connectivity index (χ2v) is 7.22. The molecule has 0 atom stereocenters. The highest BCUT2D eigenvalue weighted by Crippen LogP contribution is 2.30. The molecule has 2 aromatic heterocycles. The van der Waals surface area contributed by atoms with Crippen LogP contribution in [0.25, 0.3) is 4.96 Å². The first-order valence-corrected chi connectivity index (χ1v) is 8.49. The van der Waals surface area contributed by atoms with Crippen LogP contribution in [0, 0.1) is 5.92 Å². The van der Waals surface area contributed by atoms with Crippen LogP contribution in [0.2, 0.25) is 0 Å². The standard InChI is InChI=1S/C15H24N4OS/c1-10(2)16-8-13-14(17-15-19(13)4-5-21-15)18(3)9-11-6-12(20)7-11/h4-5,10-12,16,20H,6-9H2,1-3H3. The van der Waals surface area contributed by atoms with Crippen LogP contribution < -0.4 is 10.2 Å². The van der Waals surface area contributed by atoms with E-state index in [2.05, 4.69) is 47.1 Å². The largest absolute Gasteiger partial charge is 0.393 e. The van der Waals surface area contributed by atoms with Crippen LogP contribution in [0.4, 0.5) is 5.82 Å². The Hall–Kier alpha value is -1.11. The smallest absolute Gasteiger partial charge is 0.195 e. The van der Waals surface area contributed by atoms with E-state index in [0.717, 1.165) is 36.7 Å². The van der Waals surface area contributed by atoms with Crippen LogP contribution >= 0.6 is 11.3 Å². The lowest BCUT2D eigenvalue weighted by atomic mass is 9.82. The molecule has 1 aliphatic rings. The average Bonchev–Trinajstić information content (AvgIpc) is 2.94. The molecule has 1 fully saturated rings. The number of aromatic nitrogens is 2. The summed E-state index contributed by atoms with van der Waals surface area (Å²) in [6.45, 7) is 6.11. The van der Waals surface area contributed by atoms with Gasteiger partial charge in [0.05, 0.1) is 11.8 Å². The molecule has 116 valence electrons. The summed E-state index contributed by atoms with van der Waals surface area (Å²) in [5.74, 6) is 1.66. The van der Waals surface area contributed by atoms with E-state index in [1.807, 2.05) is 0 Å². The molecule has 0 amide bonds. The Bertz CT molecular complexity index is 600. The van der Waals surface area contributed by atoms with E-state index in [4.69, 9.17) is 4.98 Å². The molecule has 0 bridgehead atoms. The van der Waals surface area contributed by atoms with Gasteiger partial charge in [0.25, 0.3) is 0 Å². The zero-order chi connectivity index (χ0) is 15.0. The van der Waals surface area contributed by atoms with Gasteiger partial charge in [0.15, 0.2) is 10.8 Å². The minimum absolute atomic E-state index is 0.0871. The fourth-order valence-corrected chi connectivity index (χ4v) is 3.64. The lowest BCUT2D eigenvalue weighted by Gasteiger charge is -2.34. The first-order valence-electron chi connectivity index (χ1n) is 7.61. The first kappa shape index (κ1) is 14.8. The molecule has 2 aromatic rings. The number of nitrogens with one attached hydrogen (secondary N) is 1. The monoisotopic (exact) mass is 308 g/mol. The zero-order valence-corrected chi connectivity index (χ0v) is 13.7. The zero-order valence-electron chi connectivity index (χ0n) is 12.9. The van der Waals surface area contributed by atoms with Crippen LogP contribution in [-0.2, 0) is 6.54 Å². The molecule has 6 heteroatoms. The molecule has 2 heterocycles. The Morgan fingerprint density at radius 3 is 2.95 bits per heavy atom. The van der Waals surface area contributed by atoms with Gasteiger partial charge >= 0.3 is 0 Å². The third-order valence-electron chi connectivity index (χ3n) is 4.12. The molecule has 2 N–H and O–H groups in total. The molecule has 5 nitrogen and oxygen atoms in total. The van der Waals surface area contributed by atoms with E-state index in [9.17, 15) is 5.11 Å². The minimum Gasteiger partial charge on any atom is -0.393 e. The molecule has 1 saturated carbocycles. The summed E-state index contributed by atoms with van der Waals surface area (Å²) in [6.07, 6.45) is 3.85. The van der Waals surface area contributed by atoms with Gasteiger partial charge < -0.3 is 15.3 Å². The molecule has 0 spiro atoms. The first-order chi connectivity index (χ1) is 10.0. The van der Waals surface area contributed by atoms with E-state index in [1.165, 1.54) is 5.69 Å². The fourth-order valence-electron chi connectivity index (χ4n) is 2.92. The van der Waals surface area contributed by atoms with Crippen molar-refractivity contribution in [2.45, 2.75) is 45.4 Å². The molecule has 0 saturated heterocycles. The number of fused-ring (bicyclic) bond motifs is 1. The molecule has 0 unspecified atom stereocenters. The molecular formula is C15H24N4OS. The van der Waals surface area contributed by atoms with Crippen molar-refractivity contribution in [3.8, 4) is 0 Å². The maximum Gasteiger partial charge on any atom is 0.195 e. The average molecular weight is 308 g/mol. The number of rotatable bonds is 6. The van der Waals surface area contributed by atoms with Crippen molar-refractivity contribution >= 4 is 22.1 Å². The normalized spacial score (nSPS) is 22.0. The third-order valence-corrected chi connectivity index (χ3v) is 4.88. The molecule has 0 radical (unpaired) electrons. The topological polar surface area (TPSA) is 52.8 Å². The van der Waals surface area contributed by atoms with Gasteiger partial charge in [-0.3, -0.25) is 4.40 Å². The molecular weight excluding hydrogens is 284 g/mol. The van der Waals surface area contributed by atoms with Crippen molar-refractivity contribution in [3.05, 3.63) is 17.3 Å². The highest BCUT2D eigenvalue weighted by Gasteiger charge is 2.29. The van der Waals surface area contributed by atoms with Gasteiger partial charge in [-0.05, 0) is 18.8 Å². The van der Waals surface area contributed by atoms with Gasteiger partial charge in [-0.2, -0.15) is 0 Å². The number of anilines is 1. The Morgan fingerprint density at radius 2 is 2.29 bits per heavy atom. The van der Waals surface area contributed by atoms with Crippen LogP contribution in [0.5, 0.6) is 0 Å². The summed E-state index contributed by atoms with van der Waals surface area (Å²) in [5.41, 5.74) is 1.22. The van der Waals surface area contributed by atoms with Gasteiger partial charge in [-0.1, -0.05) is 13.8 Å². The van der Waals surface area contributed by atoms with Gasteiger partial charge in [0.2, 0.25) is 0 Å². The van der Waals surface area contributed by atoms with Crippen molar-refractivity contribution in [3.63, 3.8) is 0 Å². The summed E-state index contributed by atoms with van der Waals surface area (Å²) >= 11 is 1.67. The van der Waals surface area contributed by atoms with Gasteiger partial charge in [0.1, 0.15) is 0 Å². The molecule has 3 rings (SSSR count). The highest BCUT2D eigenvalue weighted by atomic mass is 32.1. The van der Waals surface area contributed by atoms with Gasteiger partial charge in [-0.25, -0.2) is 4.98 Å². The van der Waals surface area contributed by atoms with E-state index < -0.39 is 0 Å². The predicted molar refractivity (Wildman–Crippen MR) is 87.0 cm³/mol. The maximum absolute atomic E-state index is 9.44. The van der Waals surface area contributed by atoms with Crippen molar-refractivity contribution in [2.75, 3.05) is 18.5 Å². The maximum atomic E-state index is 9.44. The van der Waals surface area contributed by atoms with Crippen molar-refractivity contribution in [1.29, 1.82) is 0 Å². The predicted octanol–water partition coefficient (Wildman–Crippen LogP) is 2.10. The summed E-state index contributed by atoms with van der Waals surface area (Å²) < 4.78 is 2.18. The summed E-state index contributed by atoms with van der Waals surface area (Å²) in [4.78, 5) is 8.08. The number of thiazole rings is 1. The van der Waals surface area contributed by atoms with Crippen molar-refractivity contribution < 1.29 is 5.11 Å².